The number of nitrogens with one attached hydrogen (secondary N) is 1. The molecular weight excluding hydrogens is 497 g/mol. The van der Waals surface area contributed by atoms with Crippen molar-refractivity contribution in [2.45, 2.75) is 30.8 Å². The highest BCUT2D eigenvalue weighted by atomic mass is 32.2. The molecule has 2 amide bonds. The zero-order valence-electron chi connectivity index (χ0n) is 20.9. The summed E-state index contributed by atoms with van der Waals surface area (Å²) in [4.78, 5) is 27.8. The quantitative estimate of drug-likeness (QED) is 0.411. The summed E-state index contributed by atoms with van der Waals surface area (Å²) in [6.07, 6.45) is 0.292. The van der Waals surface area contributed by atoms with E-state index in [1.54, 1.807) is 49.4 Å². The molecule has 0 spiro atoms. The van der Waals surface area contributed by atoms with E-state index < -0.39 is 34.3 Å². The zero-order chi connectivity index (χ0) is 27.0. The van der Waals surface area contributed by atoms with Crippen molar-refractivity contribution in [3.63, 3.8) is 0 Å². The Morgan fingerprint density at radius 3 is 2.14 bits per heavy atom. The number of nitrogens with zero attached hydrogens (tertiary/aromatic N) is 2. The molecule has 3 rings (SSSR count). The molecule has 0 fully saturated rings. The number of amides is 2. The summed E-state index contributed by atoms with van der Waals surface area (Å²) in [5.41, 5.74) is 0.853. The Hall–Kier alpha value is -3.92. The maximum Gasteiger partial charge on any atom is 0.264 e. The van der Waals surface area contributed by atoms with Crippen molar-refractivity contribution < 1.29 is 27.1 Å². The smallest absolute Gasteiger partial charge is 0.264 e. The van der Waals surface area contributed by atoms with Crippen molar-refractivity contribution in [2.75, 3.05) is 25.0 Å². The summed E-state index contributed by atoms with van der Waals surface area (Å²) in [5.74, 6) is -0.884. The first-order valence-electron chi connectivity index (χ1n) is 11.7. The first-order valence-corrected chi connectivity index (χ1v) is 13.1. The maximum atomic E-state index is 13.8. The van der Waals surface area contributed by atoms with Crippen LogP contribution in [-0.2, 0) is 26.2 Å². The number of methoxy groups -OCH3 is 1. The normalized spacial score (nSPS) is 11.9. The summed E-state index contributed by atoms with van der Waals surface area (Å²) >= 11 is 0. The van der Waals surface area contributed by atoms with Gasteiger partial charge in [-0.1, -0.05) is 37.3 Å². The molecule has 0 aliphatic heterocycles. The monoisotopic (exact) mass is 527 g/mol. The third-order valence-corrected chi connectivity index (χ3v) is 7.66. The molecule has 0 aromatic heterocycles. The van der Waals surface area contributed by atoms with Crippen LogP contribution < -0.4 is 14.4 Å². The number of carbonyl (C=O) groups is 2. The molecule has 3 aromatic carbocycles. The first kappa shape index (κ1) is 27.7. The number of carbonyl (C=O) groups excluding carboxylic acids is 2. The van der Waals surface area contributed by atoms with Crippen LogP contribution >= 0.6 is 0 Å². The lowest BCUT2D eigenvalue weighted by Crippen LogP contribution is -2.51. The van der Waals surface area contributed by atoms with Crippen molar-refractivity contribution in [3.8, 4) is 5.75 Å². The highest BCUT2D eigenvalue weighted by Crippen LogP contribution is 2.26. The maximum absolute atomic E-state index is 13.8. The summed E-state index contributed by atoms with van der Waals surface area (Å²) in [7, 11) is -1.18. The second kappa shape index (κ2) is 12.4. The molecule has 1 unspecified atom stereocenters. The lowest BCUT2D eigenvalue weighted by Gasteiger charge is -2.33. The molecular formula is C27H30FN3O5S. The third kappa shape index (κ3) is 6.65. The zero-order valence-corrected chi connectivity index (χ0v) is 21.7. The second-order valence-electron chi connectivity index (χ2n) is 8.21. The van der Waals surface area contributed by atoms with Gasteiger partial charge in [0.1, 0.15) is 24.2 Å². The van der Waals surface area contributed by atoms with Crippen LogP contribution in [0.15, 0.2) is 83.8 Å². The van der Waals surface area contributed by atoms with E-state index in [0.717, 1.165) is 4.31 Å². The largest absolute Gasteiger partial charge is 0.497 e. The number of hydrogen-bond acceptors (Lipinski definition) is 5. The van der Waals surface area contributed by atoms with E-state index in [2.05, 4.69) is 5.32 Å². The molecule has 8 nitrogen and oxygen atoms in total. The summed E-state index contributed by atoms with van der Waals surface area (Å²) < 4.78 is 47.0. The van der Waals surface area contributed by atoms with Gasteiger partial charge in [-0.25, -0.2) is 12.8 Å². The van der Waals surface area contributed by atoms with Crippen LogP contribution in [0.25, 0.3) is 0 Å². The Labute approximate surface area is 216 Å². The minimum atomic E-state index is -4.14. The molecule has 0 radical (unpaired) electrons. The van der Waals surface area contributed by atoms with Gasteiger partial charge in [0.25, 0.3) is 10.0 Å². The number of anilines is 1. The van der Waals surface area contributed by atoms with Crippen molar-refractivity contribution in [3.05, 3.63) is 90.2 Å². The number of benzene rings is 3. The second-order valence-corrected chi connectivity index (χ2v) is 10.1. The van der Waals surface area contributed by atoms with Crippen LogP contribution in [0.5, 0.6) is 5.75 Å². The van der Waals surface area contributed by atoms with Gasteiger partial charge >= 0.3 is 0 Å². The summed E-state index contributed by atoms with van der Waals surface area (Å²) in [5, 5.41) is 2.56. The SMILES string of the molecule is CCC(C(=O)NC)N(Cc1ccc(F)cc1)C(=O)CN(c1ccc(OC)cc1)S(=O)(=O)c1ccccc1. The summed E-state index contributed by atoms with van der Waals surface area (Å²) in [6.45, 7) is 1.19. The van der Waals surface area contributed by atoms with Crippen LogP contribution in [0.3, 0.4) is 0 Å². The van der Waals surface area contributed by atoms with Gasteiger partial charge in [-0.05, 0) is 60.5 Å². The number of hydrogen-bond donors (Lipinski definition) is 1. The van der Waals surface area contributed by atoms with Crippen molar-refractivity contribution in [1.29, 1.82) is 0 Å². The van der Waals surface area contributed by atoms with E-state index in [9.17, 15) is 22.4 Å². The molecule has 3 aromatic rings. The van der Waals surface area contributed by atoms with Crippen LogP contribution in [0.4, 0.5) is 10.1 Å². The Kier molecular flexibility index (Phi) is 9.24. The molecule has 37 heavy (non-hydrogen) atoms. The highest BCUT2D eigenvalue weighted by Gasteiger charge is 2.33. The van der Waals surface area contributed by atoms with Gasteiger partial charge in [0.15, 0.2) is 0 Å². The molecule has 0 saturated heterocycles. The highest BCUT2D eigenvalue weighted by molar-refractivity contribution is 7.92. The molecule has 1 N–H and O–H groups in total. The minimum absolute atomic E-state index is 0.00707. The molecule has 10 heteroatoms. The van der Waals surface area contributed by atoms with Crippen molar-refractivity contribution >= 4 is 27.5 Å². The average Bonchev–Trinajstić information content (AvgIpc) is 2.92. The molecule has 196 valence electrons. The Morgan fingerprint density at radius 2 is 1.59 bits per heavy atom. The van der Waals surface area contributed by atoms with Gasteiger partial charge in [0, 0.05) is 13.6 Å². The van der Waals surface area contributed by atoms with E-state index in [4.69, 9.17) is 4.74 Å². The predicted molar refractivity (Wildman–Crippen MR) is 139 cm³/mol. The lowest BCUT2D eigenvalue weighted by atomic mass is 10.1. The number of likely N-dealkylation sites (N-methyl/N-ethyl adjacent to an activating group) is 1. The lowest BCUT2D eigenvalue weighted by molar-refractivity contribution is -0.140. The van der Waals surface area contributed by atoms with E-state index in [1.165, 1.54) is 55.5 Å². The molecule has 0 bridgehead atoms. The standard InChI is InChI=1S/C27H30FN3O5S/c1-4-25(27(33)29-2)30(18-20-10-12-21(28)13-11-20)26(32)19-31(22-14-16-23(36-3)17-15-22)37(34,35)24-8-6-5-7-9-24/h5-17,25H,4,18-19H2,1-3H3,(H,29,33). The van der Waals surface area contributed by atoms with Crippen molar-refractivity contribution in [2.24, 2.45) is 0 Å². The van der Waals surface area contributed by atoms with Crippen LogP contribution in [0, 0.1) is 5.82 Å². The van der Waals surface area contributed by atoms with Crippen molar-refractivity contribution in [1.82, 2.24) is 10.2 Å². The predicted octanol–water partition coefficient (Wildman–Crippen LogP) is 3.58. The topological polar surface area (TPSA) is 96.0 Å². The number of ether oxygens (including phenoxy) is 1. The molecule has 0 heterocycles. The fourth-order valence-electron chi connectivity index (χ4n) is 3.87. The molecule has 1 atom stereocenters. The van der Waals surface area contributed by atoms with E-state index in [1.807, 2.05) is 0 Å². The van der Waals surface area contributed by atoms with E-state index >= 15 is 0 Å². The summed E-state index contributed by atoms with van der Waals surface area (Å²) in [6, 6.07) is 18.8. The fraction of sp³-hybridized carbons (Fsp3) is 0.259. The van der Waals surface area contributed by atoms with Gasteiger partial charge in [0.2, 0.25) is 11.8 Å². The minimum Gasteiger partial charge on any atom is -0.497 e. The third-order valence-electron chi connectivity index (χ3n) is 5.87. The van der Waals surface area contributed by atoms with Gasteiger partial charge in [0.05, 0.1) is 17.7 Å². The number of sulfonamides is 1. The Bertz CT molecular complexity index is 1300. The van der Waals surface area contributed by atoms with Gasteiger partial charge in [-0.15, -0.1) is 0 Å². The van der Waals surface area contributed by atoms with Gasteiger partial charge in [-0.3, -0.25) is 13.9 Å². The van der Waals surface area contributed by atoms with Crippen LogP contribution in [0.2, 0.25) is 0 Å². The van der Waals surface area contributed by atoms with Crippen LogP contribution in [-0.4, -0.2) is 51.9 Å². The average molecular weight is 528 g/mol. The number of halogens is 1. The Morgan fingerprint density at radius 1 is 0.973 bits per heavy atom. The van der Waals surface area contributed by atoms with Gasteiger partial charge in [-0.2, -0.15) is 0 Å². The first-order chi connectivity index (χ1) is 17.7. The number of rotatable bonds is 11. The van der Waals surface area contributed by atoms with Crippen LogP contribution in [0.1, 0.15) is 18.9 Å². The Balaban J connectivity index is 2.04. The van der Waals surface area contributed by atoms with Gasteiger partial charge < -0.3 is 15.0 Å². The molecule has 0 aliphatic carbocycles. The van der Waals surface area contributed by atoms with E-state index in [0.29, 0.717) is 17.7 Å². The molecule has 0 aliphatic rings. The fourth-order valence-corrected chi connectivity index (χ4v) is 5.30. The molecule has 0 saturated carbocycles. The van der Waals surface area contributed by atoms with E-state index in [-0.39, 0.29) is 23.0 Å².